The van der Waals surface area contributed by atoms with Gasteiger partial charge in [0.1, 0.15) is 5.25 Å². The van der Waals surface area contributed by atoms with Gasteiger partial charge in [0.2, 0.25) is 0 Å². The SMILES string of the molecule is CC(=Nc1ccccc1)C1Sc2ccccc2C1=O. The molecule has 0 aromatic heterocycles. The number of para-hydroxylation sites is 1. The number of ketones is 1. The molecule has 0 amide bonds. The van der Waals surface area contributed by atoms with Crippen molar-refractivity contribution in [3.8, 4) is 0 Å². The van der Waals surface area contributed by atoms with Crippen molar-refractivity contribution in [2.45, 2.75) is 17.1 Å². The molecule has 1 heterocycles. The Hall–Kier alpha value is -1.87. The minimum Gasteiger partial charge on any atom is -0.292 e. The molecule has 3 heteroatoms. The minimum atomic E-state index is -0.183. The second-order valence-electron chi connectivity index (χ2n) is 4.45. The van der Waals surface area contributed by atoms with Crippen LogP contribution in [0.3, 0.4) is 0 Å². The molecular formula is C16H13NOS. The van der Waals surface area contributed by atoms with Crippen LogP contribution < -0.4 is 0 Å². The van der Waals surface area contributed by atoms with E-state index in [1.807, 2.05) is 61.5 Å². The van der Waals surface area contributed by atoms with Crippen molar-refractivity contribution in [3.63, 3.8) is 0 Å². The number of carbonyl (C=O) groups excluding carboxylic acids is 1. The normalized spacial score (nSPS) is 18.5. The van der Waals surface area contributed by atoms with E-state index in [4.69, 9.17) is 0 Å². The van der Waals surface area contributed by atoms with Crippen LogP contribution in [0.2, 0.25) is 0 Å². The van der Waals surface area contributed by atoms with E-state index in [2.05, 4.69) is 4.99 Å². The smallest absolute Gasteiger partial charge is 0.182 e. The van der Waals surface area contributed by atoms with Gasteiger partial charge in [-0.1, -0.05) is 36.4 Å². The van der Waals surface area contributed by atoms with E-state index in [1.54, 1.807) is 11.8 Å². The summed E-state index contributed by atoms with van der Waals surface area (Å²) in [6.45, 7) is 1.93. The van der Waals surface area contributed by atoms with Gasteiger partial charge in [0.15, 0.2) is 5.78 Å². The lowest BCUT2D eigenvalue weighted by Crippen LogP contribution is -2.20. The monoisotopic (exact) mass is 267 g/mol. The first-order valence-corrected chi connectivity index (χ1v) is 7.04. The van der Waals surface area contributed by atoms with Crippen molar-refractivity contribution in [2.24, 2.45) is 4.99 Å². The van der Waals surface area contributed by atoms with Gasteiger partial charge in [-0.05, 0) is 25.1 Å². The molecule has 19 heavy (non-hydrogen) atoms. The number of Topliss-reactive ketones (excluding diaryl/α,β-unsaturated/α-hetero) is 1. The molecule has 0 spiro atoms. The summed E-state index contributed by atoms with van der Waals surface area (Å²) in [6, 6.07) is 17.5. The molecule has 0 saturated carbocycles. The standard InChI is InChI=1S/C16H13NOS/c1-11(17-12-7-3-2-4-8-12)16-15(18)13-9-5-6-10-14(13)19-16/h2-10,16H,1H3. The molecule has 3 rings (SSSR count). The second-order valence-corrected chi connectivity index (χ2v) is 5.59. The number of hydrogen-bond acceptors (Lipinski definition) is 3. The molecular weight excluding hydrogens is 254 g/mol. The summed E-state index contributed by atoms with van der Waals surface area (Å²) in [6.07, 6.45) is 0. The number of thioether (sulfide) groups is 1. The zero-order valence-electron chi connectivity index (χ0n) is 10.5. The Morgan fingerprint density at radius 2 is 1.74 bits per heavy atom. The molecule has 2 aromatic carbocycles. The first-order chi connectivity index (χ1) is 9.25. The van der Waals surface area contributed by atoms with Crippen molar-refractivity contribution in [2.75, 3.05) is 0 Å². The fourth-order valence-electron chi connectivity index (χ4n) is 2.13. The Morgan fingerprint density at radius 3 is 2.47 bits per heavy atom. The lowest BCUT2D eigenvalue weighted by molar-refractivity contribution is 0.101. The van der Waals surface area contributed by atoms with Gasteiger partial charge in [0, 0.05) is 16.2 Å². The maximum atomic E-state index is 12.3. The number of hydrogen-bond donors (Lipinski definition) is 0. The Morgan fingerprint density at radius 1 is 1.05 bits per heavy atom. The van der Waals surface area contributed by atoms with Gasteiger partial charge in [0.05, 0.1) is 5.69 Å². The molecule has 0 saturated heterocycles. The van der Waals surface area contributed by atoms with E-state index in [1.165, 1.54) is 0 Å². The first kappa shape index (κ1) is 12.2. The molecule has 0 radical (unpaired) electrons. The third kappa shape index (κ3) is 2.34. The highest BCUT2D eigenvalue weighted by molar-refractivity contribution is 8.02. The highest BCUT2D eigenvalue weighted by Gasteiger charge is 2.32. The number of fused-ring (bicyclic) bond motifs is 1. The van der Waals surface area contributed by atoms with E-state index in [9.17, 15) is 4.79 Å². The third-order valence-electron chi connectivity index (χ3n) is 3.08. The molecule has 1 atom stereocenters. The van der Waals surface area contributed by atoms with Gasteiger partial charge in [-0.25, -0.2) is 0 Å². The summed E-state index contributed by atoms with van der Waals surface area (Å²) in [4.78, 5) is 17.9. The second kappa shape index (κ2) is 5.02. The van der Waals surface area contributed by atoms with Crippen LogP contribution in [0.5, 0.6) is 0 Å². The highest BCUT2D eigenvalue weighted by Crippen LogP contribution is 2.37. The predicted molar refractivity (Wildman–Crippen MR) is 79.6 cm³/mol. The number of aliphatic imine (C=N–C) groups is 1. The van der Waals surface area contributed by atoms with Crippen LogP contribution in [0.4, 0.5) is 5.69 Å². The lowest BCUT2D eigenvalue weighted by Gasteiger charge is -2.06. The first-order valence-electron chi connectivity index (χ1n) is 6.16. The van der Waals surface area contributed by atoms with E-state index < -0.39 is 0 Å². The van der Waals surface area contributed by atoms with Crippen LogP contribution in [-0.2, 0) is 0 Å². The molecule has 1 unspecified atom stereocenters. The Balaban J connectivity index is 1.90. The summed E-state index contributed by atoms with van der Waals surface area (Å²) < 4.78 is 0. The molecule has 1 aliphatic rings. The van der Waals surface area contributed by atoms with E-state index >= 15 is 0 Å². The average molecular weight is 267 g/mol. The number of rotatable bonds is 2. The summed E-state index contributed by atoms with van der Waals surface area (Å²) in [5, 5.41) is -0.183. The molecule has 2 nitrogen and oxygen atoms in total. The molecule has 1 aliphatic heterocycles. The van der Waals surface area contributed by atoms with Crippen LogP contribution in [0.15, 0.2) is 64.5 Å². The summed E-state index contributed by atoms with van der Waals surface area (Å²) >= 11 is 1.59. The minimum absolute atomic E-state index is 0.165. The van der Waals surface area contributed by atoms with Gasteiger partial charge in [0.25, 0.3) is 0 Å². The van der Waals surface area contributed by atoms with Crippen LogP contribution in [0.1, 0.15) is 17.3 Å². The van der Waals surface area contributed by atoms with Crippen molar-refractivity contribution in [1.82, 2.24) is 0 Å². The summed E-state index contributed by atoms with van der Waals surface area (Å²) in [5.74, 6) is 0.165. The molecule has 0 aliphatic carbocycles. The molecule has 2 aromatic rings. The lowest BCUT2D eigenvalue weighted by atomic mass is 10.1. The Labute approximate surface area is 116 Å². The van der Waals surface area contributed by atoms with Gasteiger partial charge < -0.3 is 0 Å². The van der Waals surface area contributed by atoms with Crippen LogP contribution in [-0.4, -0.2) is 16.7 Å². The Kier molecular flexibility index (Phi) is 3.22. The average Bonchev–Trinajstić information content (AvgIpc) is 2.78. The van der Waals surface area contributed by atoms with Crippen molar-refractivity contribution >= 4 is 28.9 Å². The van der Waals surface area contributed by atoms with Gasteiger partial charge in [-0.3, -0.25) is 9.79 Å². The molecule has 0 N–H and O–H groups in total. The van der Waals surface area contributed by atoms with Crippen LogP contribution >= 0.6 is 11.8 Å². The zero-order chi connectivity index (χ0) is 13.2. The topological polar surface area (TPSA) is 29.4 Å². The Bertz CT molecular complexity index is 649. The van der Waals surface area contributed by atoms with Crippen molar-refractivity contribution in [3.05, 3.63) is 60.2 Å². The fraction of sp³-hybridized carbons (Fsp3) is 0.125. The van der Waals surface area contributed by atoms with E-state index in [-0.39, 0.29) is 11.0 Å². The predicted octanol–water partition coefficient (Wildman–Crippen LogP) is 4.14. The zero-order valence-corrected chi connectivity index (χ0v) is 11.4. The molecule has 0 fully saturated rings. The van der Waals surface area contributed by atoms with Gasteiger partial charge in [-0.2, -0.15) is 0 Å². The third-order valence-corrected chi connectivity index (χ3v) is 4.48. The number of benzene rings is 2. The number of carbonyl (C=O) groups is 1. The highest BCUT2D eigenvalue weighted by atomic mass is 32.2. The van der Waals surface area contributed by atoms with Gasteiger partial charge in [-0.15, -0.1) is 11.8 Å². The van der Waals surface area contributed by atoms with Gasteiger partial charge >= 0.3 is 0 Å². The molecule has 94 valence electrons. The fourth-order valence-corrected chi connectivity index (χ4v) is 3.30. The van der Waals surface area contributed by atoms with E-state index in [0.717, 1.165) is 21.9 Å². The van der Waals surface area contributed by atoms with Crippen LogP contribution in [0.25, 0.3) is 0 Å². The maximum absolute atomic E-state index is 12.3. The van der Waals surface area contributed by atoms with Crippen molar-refractivity contribution in [1.29, 1.82) is 0 Å². The quantitative estimate of drug-likeness (QED) is 0.765. The molecule has 0 bridgehead atoms. The van der Waals surface area contributed by atoms with E-state index in [0.29, 0.717) is 0 Å². The summed E-state index contributed by atoms with van der Waals surface area (Å²) in [5.41, 5.74) is 2.57. The summed E-state index contributed by atoms with van der Waals surface area (Å²) in [7, 11) is 0. The largest absolute Gasteiger partial charge is 0.292 e. The number of nitrogens with zero attached hydrogens (tertiary/aromatic N) is 1. The maximum Gasteiger partial charge on any atom is 0.182 e. The van der Waals surface area contributed by atoms with Crippen molar-refractivity contribution < 1.29 is 4.79 Å². The van der Waals surface area contributed by atoms with Crippen LogP contribution in [0, 0.1) is 0 Å².